The molecule has 0 spiro atoms. The largest absolute Gasteiger partial charge is 0.478 e. The van der Waals surface area contributed by atoms with Crippen LogP contribution in [-0.2, 0) is 13.1 Å². The van der Waals surface area contributed by atoms with E-state index in [9.17, 15) is 14.4 Å². The molecular weight excluding hydrogens is 264 g/mol. The van der Waals surface area contributed by atoms with Crippen LogP contribution in [0.1, 0.15) is 28.8 Å². The molecule has 0 bridgehead atoms. The van der Waals surface area contributed by atoms with Gasteiger partial charge in [0.2, 0.25) is 0 Å². The van der Waals surface area contributed by atoms with Crippen molar-refractivity contribution in [1.82, 2.24) is 9.13 Å². The van der Waals surface area contributed by atoms with E-state index < -0.39 is 17.2 Å². The molecule has 0 fully saturated rings. The maximum atomic E-state index is 12.0. The number of aryl methyl sites for hydroxylation is 2. The van der Waals surface area contributed by atoms with Crippen LogP contribution in [0, 0.1) is 6.92 Å². The molecule has 7 heteroatoms. The summed E-state index contributed by atoms with van der Waals surface area (Å²) in [7, 11) is 0. The summed E-state index contributed by atoms with van der Waals surface area (Å²) in [6.07, 6.45) is 1.43. The van der Waals surface area contributed by atoms with Crippen LogP contribution in [0.3, 0.4) is 0 Å². The lowest BCUT2D eigenvalue weighted by molar-refractivity contribution is 0.0695. The molecule has 2 aromatic rings. The van der Waals surface area contributed by atoms with Crippen LogP contribution in [0.2, 0.25) is 0 Å². The Kier molecular flexibility index (Phi) is 3.60. The van der Waals surface area contributed by atoms with Gasteiger partial charge in [0.05, 0.1) is 6.54 Å². The fourth-order valence-electron chi connectivity index (χ4n) is 1.93. The Labute approximate surface area is 113 Å². The van der Waals surface area contributed by atoms with Crippen molar-refractivity contribution in [2.24, 2.45) is 0 Å². The molecule has 1 N–H and O–H groups in total. The first-order valence-corrected chi connectivity index (χ1v) is 6.07. The number of carboxylic acids is 1. The molecule has 20 heavy (non-hydrogen) atoms. The Morgan fingerprint density at radius 2 is 2.10 bits per heavy atom. The van der Waals surface area contributed by atoms with Crippen molar-refractivity contribution in [3.8, 4) is 0 Å². The van der Waals surface area contributed by atoms with Gasteiger partial charge in [0.25, 0.3) is 5.56 Å². The summed E-state index contributed by atoms with van der Waals surface area (Å²) in [5.41, 5.74) is -0.878. The Hall–Kier alpha value is -2.57. The minimum Gasteiger partial charge on any atom is -0.478 e. The van der Waals surface area contributed by atoms with Gasteiger partial charge in [-0.15, -0.1) is 0 Å². The third-order valence-corrected chi connectivity index (χ3v) is 2.99. The molecule has 0 atom stereocenters. The number of nitrogens with zero attached hydrogens (tertiary/aromatic N) is 2. The SMILES string of the molecule is CCn1ccc(=O)n(Cc2cc(C(=O)O)c(C)o2)c1=O. The Morgan fingerprint density at radius 1 is 1.40 bits per heavy atom. The average molecular weight is 278 g/mol. The number of hydrogen-bond acceptors (Lipinski definition) is 4. The molecule has 7 nitrogen and oxygen atoms in total. The molecule has 0 saturated carbocycles. The zero-order chi connectivity index (χ0) is 14.9. The van der Waals surface area contributed by atoms with Gasteiger partial charge in [-0.2, -0.15) is 0 Å². The van der Waals surface area contributed by atoms with E-state index in [0.717, 1.165) is 4.57 Å². The number of aromatic carboxylic acids is 1. The third-order valence-electron chi connectivity index (χ3n) is 2.99. The molecule has 0 aliphatic heterocycles. The highest BCUT2D eigenvalue weighted by atomic mass is 16.4. The number of aromatic nitrogens is 2. The second kappa shape index (κ2) is 5.20. The first-order valence-electron chi connectivity index (χ1n) is 6.07. The van der Waals surface area contributed by atoms with E-state index >= 15 is 0 Å². The highest BCUT2D eigenvalue weighted by Crippen LogP contribution is 2.14. The van der Waals surface area contributed by atoms with Crippen LogP contribution in [-0.4, -0.2) is 20.2 Å². The molecule has 0 unspecified atom stereocenters. The molecule has 2 aromatic heterocycles. The smallest absolute Gasteiger partial charge is 0.339 e. The van der Waals surface area contributed by atoms with E-state index in [-0.39, 0.29) is 23.6 Å². The lowest BCUT2D eigenvalue weighted by Crippen LogP contribution is -2.38. The zero-order valence-corrected chi connectivity index (χ0v) is 11.1. The van der Waals surface area contributed by atoms with E-state index in [1.54, 1.807) is 6.92 Å². The average Bonchev–Trinajstić information content (AvgIpc) is 2.76. The van der Waals surface area contributed by atoms with E-state index in [1.165, 1.54) is 29.8 Å². The summed E-state index contributed by atoms with van der Waals surface area (Å²) >= 11 is 0. The van der Waals surface area contributed by atoms with Gasteiger partial charge in [-0.3, -0.25) is 9.36 Å². The molecule has 0 aliphatic carbocycles. The first-order chi connectivity index (χ1) is 9.43. The lowest BCUT2D eigenvalue weighted by atomic mass is 10.2. The van der Waals surface area contributed by atoms with Crippen LogP contribution in [0.5, 0.6) is 0 Å². The Morgan fingerprint density at radius 3 is 2.65 bits per heavy atom. The number of furan rings is 1. The highest BCUT2D eigenvalue weighted by Gasteiger charge is 2.15. The predicted octanol–water partition coefficient (Wildman–Crippen LogP) is 0.678. The summed E-state index contributed by atoms with van der Waals surface area (Å²) in [6.45, 7) is 3.66. The van der Waals surface area contributed by atoms with Crippen molar-refractivity contribution < 1.29 is 14.3 Å². The van der Waals surface area contributed by atoms with E-state index in [0.29, 0.717) is 6.54 Å². The van der Waals surface area contributed by atoms with Crippen LogP contribution in [0.4, 0.5) is 0 Å². The van der Waals surface area contributed by atoms with Crippen molar-refractivity contribution in [2.75, 3.05) is 0 Å². The molecule has 106 valence electrons. The van der Waals surface area contributed by atoms with Crippen molar-refractivity contribution in [3.05, 3.63) is 56.3 Å². The molecule has 2 heterocycles. The fraction of sp³-hybridized carbons (Fsp3) is 0.308. The standard InChI is InChI=1S/C13H14N2O5/c1-3-14-5-4-11(16)15(13(14)19)7-9-6-10(12(17)18)8(2)20-9/h4-6H,3,7H2,1-2H3,(H,17,18). The number of rotatable bonds is 4. The van der Waals surface area contributed by atoms with Crippen molar-refractivity contribution >= 4 is 5.97 Å². The zero-order valence-electron chi connectivity index (χ0n) is 11.1. The Balaban J connectivity index is 2.45. The van der Waals surface area contributed by atoms with Gasteiger partial charge in [-0.25, -0.2) is 9.59 Å². The maximum Gasteiger partial charge on any atom is 0.339 e. The summed E-state index contributed by atoms with van der Waals surface area (Å²) < 4.78 is 7.67. The quantitative estimate of drug-likeness (QED) is 0.887. The van der Waals surface area contributed by atoms with E-state index in [4.69, 9.17) is 9.52 Å². The number of hydrogen-bond donors (Lipinski definition) is 1. The molecule has 2 rings (SSSR count). The second-order valence-corrected chi connectivity index (χ2v) is 4.30. The lowest BCUT2D eigenvalue weighted by Gasteiger charge is -2.06. The fourth-order valence-corrected chi connectivity index (χ4v) is 1.93. The van der Waals surface area contributed by atoms with Gasteiger partial charge >= 0.3 is 11.7 Å². The van der Waals surface area contributed by atoms with E-state index in [1.807, 2.05) is 0 Å². The van der Waals surface area contributed by atoms with Crippen molar-refractivity contribution in [3.63, 3.8) is 0 Å². The second-order valence-electron chi connectivity index (χ2n) is 4.30. The molecular formula is C13H14N2O5. The molecule has 0 saturated heterocycles. The topological polar surface area (TPSA) is 94.4 Å². The predicted molar refractivity (Wildman–Crippen MR) is 70.1 cm³/mol. The van der Waals surface area contributed by atoms with Gasteiger partial charge in [-0.1, -0.05) is 0 Å². The Bertz CT molecular complexity index is 766. The highest BCUT2D eigenvalue weighted by molar-refractivity contribution is 5.88. The number of carboxylic acid groups (broad SMARTS) is 1. The van der Waals surface area contributed by atoms with Gasteiger partial charge in [0.1, 0.15) is 17.1 Å². The summed E-state index contributed by atoms with van der Waals surface area (Å²) in [4.78, 5) is 34.7. The van der Waals surface area contributed by atoms with Gasteiger partial charge in [0.15, 0.2) is 0 Å². The van der Waals surface area contributed by atoms with Crippen LogP contribution in [0.25, 0.3) is 0 Å². The summed E-state index contributed by atoms with van der Waals surface area (Å²) in [5.74, 6) is -0.607. The normalized spacial score (nSPS) is 10.7. The third kappa shape index (κ3) is 2.42. The summed E-state index contributed by atoms with van der Waals surface area (Å²) in [5, 5.41) is 8.94. The molecule has 0 amide bonds. The van der Waals surface area contributed by atoms with Crippen LogP contribution >= 0.6 is 0 Å². The van der Waals surface area contributed by atoms with Crippen LogP contribution < -0.4 is 11.2 Å². The van der Waals surface area contributed by atoms with Gasteiger partial charge in [-0.05, 0) is 19.9 Å². The van der Waals surface area contributed by atoms with E-state index in [2.05, 4.69) is 0 Å². The van der Waals surface area contributed by atoms with Gasteiger partial charge < -0.3 is 14.1 Å². The maximum absolute atomic E-state index is 12.0. The van der Waals surface area contributed by atoms with Gasteiger partial charge in [0, 0.05) is 18.8 Å². The molecule has 0 radical (unpaired) electrons. The minimum atomic E-state index is -1.11. The molecule has 0 aliphatic rings. The van der Waals surface area contributed by atoms with Crippen molar-refractivity contribution in [1.29, 1.82) is 0 Å². The van der Waals surface area contributed by atoms with Crippen molar-refractivity contribution in [2.45, 2.75) is 26.9 Å². The first kappa shape index (κ1) is 13.9. The summed E-state index contributed by atoms with van der Waals surface area (Å²) in [6, 6.07) is 2.62. The monoisotopic (exact) mass is 278 g/mol. The number of carbonyl (C=O) groups is 1. The molecule has 0 aromatic carbocycles. The van der Waals surface area contributed by atoms with Crippen LogP contribution in [0.15, 0.2) is 32.3 Å². The minimum absolute atomic E-state index is 0.0276.